The molecule has 0 aliphatic carbocycles. The van der Waals surface area contributed by atoms with Crippen LogP contribution < -0.4 is 10.6 Å². The Labute approximate surface area is 94.5 Å². The molecular weight excluding hydrogens is 220 g/mol. The minimum atomic E-state index is -0.531. The Kier molecular flexibility index (Phi) is 8.04. The molecule has 0 bridgehead atoms. The molecule has 0 heterocycles. The van der Waals surface area contributed by atoms with Gasteiger partial charge in [0.15, 0.2) is 0 Å². The zero-order valence-electron chi connectivity index (χ0n) is 9.01. The van der Waals surface area contributed by atoms with Gasteiger partial charge in [-0.05, 0) is 6.42 Å². The molecule has 0 aliphatic heterocycles. The fourth-order valence-electron chi connectivity index (χ4n) is 1.13. The molecule has 1 unspecified atom stereocenters. The van der Waals surface area contributed by atoms with E-state index in [4.69, 9.17) is 16.3 Å². The Morgan fingerprint density at radius 1 is 1.47 bits per heavy atom. The quantitative estimate of drug-likeness (QED) is 0.673. The Morgan fingerprint density at radius 3 is 2.60 bits per heavy atom. The summed E-state index contributed by atoms with van der Waals surface area (Å²) in [7, 11) is 1.56. The molecule has 0 aromatic heterocycles. The molecule has 0 saturated carbocycles. The number of hydrogen-bond acceptors (Lipinski definition) is 3. The van der Waals surface area contributed by atoms with Gasteiger partial charge in [-0.15, -0.1) is 11.6 Å². The van der Waals surface area contributed by atoms with Crippen molar-refractivity contribution >= 4 is 23.5 Å². The van der Waals surface area contributed by atoms with Gasteiger partial charge in [0.05, 0.1) is 12.6 Å². The van der Waals surface area contributed by atoms with E-state index in [1.165, 1.54) is 0 Å². The fourth-order valence-corrected chi connectivity index (χ4v) is 1.20. The number of methoxy groups -OCH3 is 1. The number of ether oxygens (including phenoxy) is 1. The van der Waals surface area contributed by atoms with Crippen LogP contribution in [0.3, 0.4) is 0 Å². The first-order valence-corrected chi connectivity index (χ1v) is 5.32. The lowest BCUT2D eigenvalue weighted by Crippen LogP contribution is -2.46. The van der Waals surface area contributed by atoms with E-state index in [1.807, 2.05) is 6.92 Å². The number of nitrogens with one attached hydrogen (secondary N) is 2. The second-order valence-electron chi connectivity index (χ2n) is 3.10. The van der Waals surface area contributed by atoms with Crippen LogP contribution in [-0.2, 0) is 9.53 Å². The molecule has 0 fully saturated rings. The minimum Gasteiger partial charge on any atom is -0.383 e. The summed E-state index contributed by atoms with van der Waals surface area (Å²) >= 11 is 5.24. The Morgan fingerprint density at radius 2 is 2.13 bits per heavy atom. The van der Waals surface area contributed by atoms with Gasteiger partial charge in [0.1, 0.15) is 5.88 Å². The van der Waals surface area contributed by atoms with Crippen LogP contribution in [0.1, 0.15) is 19.8 Å². The monoisotopic (exact) mass is 236 g/mol. The second kappa shape index (κ2) is 8.49. The summed E-state index contributed by atoms with van der Waals surface area (Å²) in [5.41, 5.74) is 0. The number of alkyl halides is 1. The van der Waals surface area contributed by atoms with Gasteiger partial charge in [0.25, 0.3) is 0 Å². The smallest absolute Gasteiger partial charge is 0.321 e. The maximum absolute atomic E-state index is 11.2. The van der Waals surface area contributed by atoms with Crippen LogP contribution in [-0.4, -0.2) is 37.6 Å². The lowest BCUT2D eigenvalue weighted by molar-refractivity contribution is -0.117. The van der Waals surface area contributed by atoms with Crippen molar-refractivity contribution < 1.29 is 14.3 Å². The number of halogens is 1. The lowest BCUT2D eigenvalue weighted by atomic mass is 10.2. The highest BCUT2D eigenvalue weighted by Gasteiger charge is 2.12. The number of carbonyl (C=O) groups is 2. The van der Waals surface area contributed by atoms with Gasteiger partial charge in [-0.1, -0.05) is 13.3 Å². The molecule has 0 aromatic rings. The maximum Gasteiger partial charge on any atom is 0.321 e. The molecule has 3 amide bonds. The highest BCUT2D eigenvalue weighted by atomic mass is 35.5. The van der Waals surface area contributed by atoms with E-state index < -0.39 is 11.9 Å². The van der Waals surface area contributed by atoms with Crippen LogP contribution in [0, 0.1) is 0 Å². The number of carbonyl (C=O) groups excluding carboxylic acids is 2. The number of imide groups is 1. The summed E-state index contributed by atoms with van der Waals surface area (Å²) in [6, 6.07) is -0.612. The first kappa shape index (κ1) is 14.2. The molecule has 0 rings (SSSR count). The van der Waals surface area contributed by atoms with E-state index in [1.54, 1.807) is 7.11 Å². The minimum absolute atomic E-state index is 0.0804. The summed E-state index contributed by atoms with van der Waals surface area (Å²) < 4.78 is 4.94. The van der Waals surface area contributed by atoms with Gasteiger partial charge in [0.2, 0.25) is 5.91 Å². The molecule has 6 heteroatoms. The third-order valence-electron chi connectivity index (χ3n) is 1.71. The van der Waals surface area contributed by atoms with Crippen LogP contribution in [0.4, 0.5) is 4.79 Å². The Balaban J connectivity index is 3.93. The van der Waals surface area contributed by atoms with Crippen LogP contribution in [0.25, 0.3) is 0 Å². The summed E-state index contributed by atoms with van der Waals surface area (Å²) in [5.74, 6) is -0.738. The molecule has 2 N–H and O–H groups in total. The van der Waals surface area contributed by atoms with Gasteiger partial charge in [0, 0.05) is 7.11 Å². The largest absolute Gasteiger partial charge is 0.383 e. The average molecular weight is 237 g/mol. The molecule has 0 saturated heterocycles. The van der Waals surface area contributed by atoms with Crippen molar-refractivity contribution in [1.82, 2.24) is 10.6 Å². The van der Waals surface area contributed by atoms with Gasteiger partial charge < -0.3 is 10.1 Å². The van der Waals surface area contributed by atoms with E-state index in [0.717, 1.165) is 12.8 Å². The highest BCUT2D eigenvalue weighted by molar-refractivity contribution is 6.28. The zero-order chi connectivity index (χ0) is 11.7. The molecule has 5 nitrogen and oxygen atoms in total. The van der Waals surface area contributed by atoms with Crippen molar-refractivity contribution in [2.24, 2.45) is 0 Å². The third-order valence-corrected chi connectivity index (χ3v) is 1.96. The van der Waals surface area contributed by atoms with Crippen molar-refractivity contribution in [2.75, 3.05) is 19.6 Å². The number of hydrogen-bond donors (Lipinski definition) is 2. The predicted octanol–water partition coefficient (Wildman–Crippen LogP) is 0.866. The Hall–Kier alpha value is -0.810. The van der Waals surface area contributed by atoms with Crippen LogP contribution in [0.5, 0.6) is 0 Å². The van der Waals surface area contributed by atoms with E-state index in [9.17, 15) is 9.59 Å². The number of urea groups is 1. The van der Waals surface area contributed by atoms with Crippen molar-refractivity contribution in [3.63, 3.8) is 0 Å². The predicted molar refractivity (Wildman–Crippen MR) is 58.0 cm³/mol. The van der Waals surface area contributed by atoms with E-state index >= 15 is 0 Å². The molecule has 0 radical (unpaired) electrons. The molecule has 0 aromatic carbocycles. The molecule has 1 atom stereocenters. The normalized spacial score (nSPS) is 11.9. The summed E-state index contributed by atoms with van der Waals surface area (Å²) in [6.07, 6.45) is 1.73. The molecule has 0 aliphatic rings. The van der Waals surface area contributed by atoms with E-state index in [-0.39, 0.29) is 11.9 Å². The molecular formula is C9H17ClN2O3. The summed E-state index contributed by atoms with van der Waals surface area (Å²) in [6.45, 7) is 2.43. The van der Waals surface area contributed by atoms with Crippen molar-refractivity contribution in [1.29, 1.82) is 0 Å². The number of amides is 3. The third kappa shape index (κ3) is 7.16. The standard InChI is InChI=1S/C9H17ClN2O3/c1-3-4-7(6-15-2)11-9(14)12-8(13)5-10/h7H,3-6H2,1-2H3,(H2,11,12,13,14). The molecule has 0 spiro atoms. The van der Waals surface area contributed by atoms with E-state index in [0.29, 0.717) is 6.61 Å². The van der Waals surface area contributed by atoms with E-state index in [2.05, 4.69) is 10.6 Å². The van der Waals surface area contributed by atoms with Gasteiger partial charge in [-0.3, -0.25) is 10.1 Å². The fraction of sp³-hybridized carbons (Fsp3) is 0.778. The van der Waals surface area contributed by atoms with Gasteiger partial charge in [-0.2, -0.15) is 0 Å². The lowest BCUT2D eigenvalue weighted by Gasteiger charge is -2.16. The Bertz CT molecular complexity index is 206. The summed E-state index contributed by atoms with van der Waals surface area (Å²) in [4.78, 5) is 22.0. The molecule has 15 heavy (non-hydrogen) atoms. The van der Waals surface area contributed by atoms with Crippen LogP contribution in [0.15, 0.2) is 0 Å². The van der Waals surface area contributed by atoms with Gasteiger partial charge >= 0.3 is 6.03 Å². The number of rotatable bonds is 6. The summed E-state index contributed by atoms with van der Waals surface area (Å²) in [5, 5.41) is 4.73. The first-order chi connectivity index (χ1) is 7.13. The SMILES string of the molecule is CCCC(COC)NC(=O)NC(=O)CCl. The molecule has 88 valence electrons. The first-order valence-electron chi connectivity index (χ1n) is 4.79. The van der Waals surface area contributed by atoms with Crippen LogP contribution in [0.2, 0.25) is 0 Å². The highest BCUT2D eigenvalue weighted by Crippen LogP contribution is 1.96. The average Bonchev–Trinajstić information content (AvgIpc) is 2.18. The van der Waals surface area contributed by atoms with Crippen LogP contribution >= 0.6 is 11.6 Å². The zero-order valence-corrected chi connectivity index (χ0v) is 9.76. The maximum atomic E-state index is 11.2. The van der Waals surface area contributed by atoms with Gasteiger partial charge in [-0.25, -0.2) is 4.79 Å². The van der Waals surface area contributed by atoms with Crippen molar-refractivity contribution in [3.8, 4) is 0 Å². The topological polar surface area (TPSA) is 67.4 Å². The van der Waals surface area contributed by atoms with Crippen molar-refractivity contribution in [2.45, 2.75) is 25.8 Å². The second-order valence-corrected chi connectivity index (χ2v) is 3.36. The van der Waals surface area contributed by atoms with Crippen molar-refractivity contribution in [3.05, 3.63) is 0 Å².